The molecule has 3 unspecified atom stereocenters. The number of allylic oxidation sites excluding steroid dienone is 2. The predicted octanol–water partition coefficient (Wildman–Crippen LogP) is 2.85. The Bertz CT molecular complexity index is 444. The van der Waals surface area contributed by atoms with Gasteiger partial charge in [-0.05, 0) is 31.6 Å². The van der Waals surface area contributed by atoms with E-state index in [1.54, 1.807) is 6.92 Å². The summed E-state index contributed by atoms with van der Waals surface area (Å²) in [5.74, 6) is 0.631. The number of ether oxygens (including phenoxy) is 2. The summed E-state index contributed by atoms with van der Waals surface area (Å²) in [5, 5.41) is 2.54. The Kier molecular flexibility index (Phi) is 7.43. The summed E-state index contributed by atoms with van der Waals surface area (Å²) in [6, 6.07) is 0. The third-order valence-corrected chi connectivity index (χ3v) is 3.80. The van der Waals surface area contributed by atoms with Crippen molar-refractivity contribution in [1.29, 1.82) is 0 Å². The second kappa shape index (κ2) is 9.07. The van der Waals surface area contributed by atoms with Crippen LogP contribution in [0, 0.1) is 17.8 Å². The van der Waals surface area contributed by atoms with Gasteiger partial charge in [-0.1, -0.05) is 18.7 Å². The van der Waals surface area contributed by atoms with Crippen molar-refractivity contribution in [3.05, 3.63) is 37.5 Å². The van der Waals surface area contributed by atoms with Gasteiger partial charge in [0, 0.05) is 11.5 Å². The fraction of sp³-hybridized carbons (Fsp3) is 0.529. The van der Waals surface area contributed by atoms with E-state index in [4.69, 9.17) is 9.47 Å². The molecule has 1 aliphatic rings. The summed E-state index contributed by atoms with van der Waals surface area (Å²) in [4.78, 5) is 22.7. The summed E-state index contributed by atoms with van der Waals surface area (Å²) in [5.41, 5.74) is 0.330. The van der Waals surface area contributed by atoms with E-state index in [2.05, 4.69) is 25.1 Å². The molecule has 1 saturated carbocycles. The molecule has 122 valence electrons. The molecule has 0 heterocycles. The molecule has 1 N–H and O–H groups in total. The lowest BCUT2D eigenvalue weighted by molar-refractivity contribution is -0.138. The van der Waals surface area contributed by atoms with Crippen LogP contribution in [0.2, 0.25) is 0 Å². The standard InChI is InChI=1S/C17H25NO4/c1-5-13-9-14(6-2)15(10-13)11-22-17(20)18-7-8-21-16(19)12(3)4/h5-6,13-15H,1-3,7-11H2,4H3,(H,18,20). The zero-order valence-electron chi connectivity index (χ0n) is 13.2. The molecule has 3 atom stereocenters. The molecule has 0 aliphatic heterocycles. The number of esters is 1. The minimum atomic E-state index is -0.503. The molecule has 0 aromatic heterocycles. The molecule has 0 bridgehead atoms. The maximum atomic E-state index is 11.6. The van der Waals surface area contributed by atoms with Crippen LogP contribution in [0.4, 0.5) is 4.79 Å². The van der Waals surface area contributed by atoms with Crippen LogP contribution in [-0.4, -0.2) is 31.8 Å². The minimum absolute atomic E-state index is 0.0953. The lowest BCUT2D eigenvalue weighted by atomic mass is 9.97. The molecule has 5 nitrogen and oxygen atoms in total. The number of amides is 1. The number of carbonyl (C=O) groups excluding carboxylic acids is 2. The fourth-order valence-corrected chi connectivity index (χ4v) is 2.53. The van der Waals surface area contributed by atoms with Crippen molar-refractivity contribution in [1.82, 2.24) is 5.32 Å². The average Bonchev–Trinajstić information content (AvgIpc) is 2.91. The highest BCUT2D eigenvalue weighted by molar-refractivity contribution is 5.86. The van der Waals surface area contributed by atoms with Gasteiger partial charge in [0.2, 0.25) is 0 Å². The summed E-state index contributed by atoms with van der Waals surface area (Å²) in [7, 11) is 0. The maximum absolute atomic E-state index is 11.6. The predicted molar refractivity (Wildman–Crippen MR) is 85.2 cm³/mol. The first kappa shape index (κ1) is 18.0. The van der Waals surface area contributed by atoms with Crippen molar-refractivity contribution in [2.45, 2.75) is 19.8 Å². The molecule has 22 heavy (non-hydrogen) atoms. The Balaban J connectivity index is 2.20. The molecule has 0 saturated heterocycles. The molecule has 0 aromatic carbocycles. The van der Waals surface area contributed by atoms with Crippen LogP contribution in [0.25, 0.3) is 0 Å². The molecular weight excluding hydrogens is 282 g/mol. The molecular formula is C17H25NO4. The van der Waals surface area contributed by atoms with Crippen molar-refractivity contribution in [3.8, 4) is 0 Å². The first-order valence-electron chi connectivity index (χ1n) is 7.46. The highest BCUT2D eigenvalue weighted by Gasteiger charge is 2.31. The molecule has 1 amide bonds. The van der Waals surface area contributed by atoms with Crippen LogP contribution in [-0.2, 0) is 14.3 Å². The van der Waals surface area contributed by atoms with Gasteiger partial charge in [-0.2, -0.15) is 0 Å². The Labute approximate surface area is 132 Å². The number of alkyl carbamates (subject to hydrolysis) is 1. The lowest BCUT2D eigenvalue weighted by Gasteiger charge is -2.16. The summed E-state index contributed by atoms with van der Waals surface area (Å²) >= 11 is 0. The first-order chi connectivity index (χ1) is 10.5. The van der Waals surface area contributed by atoms with E-state index < -0.39 is 12.1 Å². The highest BCUT2D eigenvalue weighted by atomic mass is 16.6. The monoisotopic (exact) mass is 307 g/mol. The van der Waals surface area contributed by atoms with Crippen LogP contribution < -0.4 is 5.32 Å². The van der Waals surface area contributed by atoms with Crippen LogP contribution >= 0.6 is 0 Å². The minimum Gasteiger partial charge on any atom is -0.460 e. The number of hydrogen-bond acceptors (Lipinski definition) is 4. The topological polar surface area (TPSA) is 64.6 Å². The zero-order valence-corrected chi connectivity index (χ0v) is 13.2. The second-order valence-corrected chi connectivity index (χ2v) is 5.57. The van der Waals surface area contributed by atoms with E-state index in [1.807, 2.05) is 12.2 Å². The normalized spacial score (nSPS) is 23.4. The fourth-order valence-electron chi connectivity index (χ4n) is 2.53. The zero-order chi connectivity index (χ0) is 16.5. The van der Waals surface area contributed by atoms with Crippen LogP contribution in [0.5, 0.6) is 0 Å². The van der Waals surface area contributed by atoms with Gasteiger partial charge in [-0.25, -0.2) is 9.59 Å². The number of hydrogen-bond donors (Lipinski definition) is 1. The number of nitrogens with one attached hydrogen (secondary N) is 1. The van der Waals surface area contributed by atoms with Crippen LogP contribution in [0.3, 0.4) is 0 Å². The van der Waals surface area contributed by atoms with E-state index in [1.165, 1.54) is 0 Å². The van der Waals surface area contributed by atoms with E-state index >= 15 is 0 Å². The summed E-state index contributed by atoms with van der Waals surface area (Å²) in [6.07, 6.45) is 5.35. The van der Waals surface area contributed by atoms with Gasteiger partial charge < -0.3 is 14.8 Å². The van der Waals surface area contributed by atoms with Gasteiger partial charge >= 0.3 is 12.1 Å². The maximum Gasteiger partial charge on any atom is 0.407 e. The van der Waals surface area contributed by atoms with Crippen LogP contribution in [0.1, 0.15) is 19.8 Å². The second-order valence-electron chi connectivity index (χ2n) is 5.57. The summed E-state index contributed by atoms with van der Waals surface area (Å²) in [6.45, 7) is 13.4. The van der Waals surface area contributed by atoms with E-state index in [-0.39, 0.29) is 19.1 Å². The Morgan fingerprint density at radius 2 is 1.95 bits per heavy atom. The molecule has 0 aromatic rings. The van der Waals surface area contributed by atoms with Gasteiger partial charge in [0.15, 0.2) is 0 Å². The SMILES string of the molecule is C=CC1CC(C=C)C(COC(=O)NCCOC(=O)C(=C)C)C1. The molecule has 0 spiro atoms. The Hall–Kier alpha value is -2.04. The molecule has 1 fully saturated rings. The van der Waals surface area contributed by atoms with E-state index in [0.29, 0.717) is 24.0 Å². The van der Waals surface area contributed by atoms with Gasteiger partial charge in [0.05, 0.1) is 13.2 Å². The number of carbonyl (C=O) groups is 2. The van der Waals surface area contributed by atoms with Gasteiger partial charge in [-0.15, -0.1) is 13.2 Å². The Morgan fingerprint density at radius 3 is 2.55 bits per heavy atom. The first-order valence-corrected chi connectivity index (χ1v) is 7.46. The molecule has 5 heteroatoms. The van der Waals surface area contributed by atoms with Gasteiger partial charge in [-0.3, -0.25) is 0 Å². The van der Waals surface area contributed by atoms with Crippen LogP contribution in [0.15, 0.2) is 37.5 Å². The quantitative estimate of drug-likeness (QED) is 0.324. The largest absolute Gasteiger partial charge is 0.460 e. The van der Waals surface area contributed by atoms with Crippen molar-refractivity contribution >= 4 is 12.1 Å². The molecule has 1 rings (SSSR count). The molecule has 0 radical (unpaired) electrons. The van der Waals surface area contributed by atoms with Gasteiger partial charge in [0.25, 0.3) is 0 Å². The number of rotatable bonds is 8. The van der Waals surface area contributed by atoms with E-state index in [9.17, 15) is 9.59 Å². The smallest absolute Gasteiger partial charge is 0.407 e. The van der Waals surface area contributed by atoms with Crippen molar-refractivity contribution in [2.24, 2.45) is 17.8 Å². The van der Waals surface area contributed by atoms with Crippen molar-refractivity contribution in [2.75, 3.05) is 19.8 Å². The Morgan fingerprint density at radius 1 is 1.23 bits per heavy atom. The third-order valence-electron chi connectivity index (χ3n) is 3.80. The highest BCUT2D eigenvalue weighted by Crippen LogP contribution is 2.37. The van der Waals surface area contributed by atoms with E-state index in [0.717, 1.165) is 12.8 Å². The van der Waals surface area contributed by atoms with Gasteiger partial charge in [0.1, 0.15) is 6.61 Å². The third kappa shape index (κ3) is 5.76. The lowest BCUT2D eigenvalue weighted by Crippen LogP contribution is -2.30. The summed E-state index contributed by atoms with van der Waals surface area (Å²) < 4.78 is 10.1. The molecule has 1 aliphatic carbocycles. The van der Waals surface area contributed by atoms with Crippen molar-refractivity contribution in [3.63, 3.8) is 0 Å². The average molecular weight is 307 g/mol. The van der Waals surface area contributed by atoms with Crippen molar-refractivity contribution < 1.29 is 19.1 Å².